The molecule has 0 unspecified atom stereocenters. The Morgan fingerprint density at radius 1 is 1.50 bits per heavy atom. The summed E-state index contributed by atoms with van der Waals surface area (Å²) in [7, 11) is 0. The molecule has 0 saturated carbocycles. The van der Waals surface area contributed by atoms with Crippen molar-refractivity contribution in [1.82, 2.24) is 14.9 Å². The molecule has 0 spiro atoms. The van der Waals surface area contributed by atoms with Crippen LogP contribution >= 0.6 is 0 Å². The number of primary amides is 1. The summed E-state index contributed by atoms with van der Waals surface area (Å²) in [6.45, 7) is -0.305. The van der Waals surface area contributed by atoms with Crippen molar-refractivity contribution in [3.63, 3.8) is 0 Å². The first-order valence-corrected chi connectivity index (χ1v) is 4.03. The SMILES string of the molecule is N#Cc1ncn(CC(=O)NC(N)=O)c1C#N. The van der Waals surface area contributed by atoms with Gasteiger partial charge in [0.15, 0.2) is 11.4 Å². The summed E-state index contributed by atoms with van der Waals surface area (Å²) >= 11 is 0. The van der Waals surface area contributed by atoms with Crippen LogP contribution in [0.3, 0.4) is 0 Å². The first kappa shape index (κ1) is 11.2. The van der Waals surface area contributed by atoms with Gasteiger partial charge in [-0.3, -0.25) is 10.1 Å². The lowest BCUT2D eigenvalue weighted by atomic mass is 10.3. The lowest BCUT2D eigenvalue weighted by molar-refractivity contribution is -0.120. The molecule has 0 radical (unpaired) electrons. The van der Waals surface area contributed by atoms with Crippen molar-refractivity contribution >= 4 is 11.9 Å². The van der Waals surface area contributed by atoms with Gasteiger partial charge in [0.2, 0.25) is 5.91 Å². The third-order valence-corrected chi connectivity index (χ3v) is 1.63. The average molecular weight is 218 g/mol. The molecule has 0 atom stereocenters. The van der Waals surface area contributed by atoms with Gasteiger partial charge in [-0.2, -0.15) is 10.5 Å². The smallest absolute Gasteiger partial charge is 0.318 e. The molecule has 3 N–H and O–H groups in total. The van der Waals surface area contributed by atoms with Gasteiger partial charge in [-0.25, -0.2) is 9.78 Å². The Morgan fingerprint density at radius 3 is 2.69 bits per heavy atom. The molecule has 0 aromatic carbocycles. The first-order valence-electron chi connectivity index (χ1n) is 4.03. The van der Waals surface area contributed by atoms with Crippen LogP contribution in [0, 0.1) is 22.7 Å². The lowest BCUT2D eigenvalue weighted by Gasteiger charge is -2.02. The Kier molecular flexibility index (Phi) is 3.20. The molecule has 8 heteroatoms. The number of carbonyl (C=O) groups excluding carboxylic acids is 2. The number of amides is 3. The highest BCUT2D eigenvalue weighted by atomic mass is 16.2. The second-order valence-electron chi connectivity index (χ2n) is 2.71. The van der Waals surface area contributed by atoms with Crippen LogP contribution in [-0.2, 0) is 11.3 Å². The summed E-state index contributed by atoms with van der Waals surface area (Å²) in [5.41, 5.74) is 4.62. The second-order valence-corrected chi connectivity index (χ2v) is 2.71. The zero-order chi connectivity index (χ0) is 12.1. The number of rotatable bonds is 2. The van der Waals surface area contributed by atoms with Gasteiger partial charge in [0.25, 0.3) is 0 Å². The molecule has 3 amide bonds. The average Bonchev–Trinajstić information content (AvgIpc) is 2.58. The monoisotopic (exact) mass is 218 g/mol. The maximum Gasteiger partial charge on any atom is 0.318 e. The molecule has 80 valence electrons. The number of hydrogen-bond donors (Lipinski definition) is 2. The molecule has 16 heavy (non-hydrogen) atoms. The van der Waals surface area contributed by atoms with Crippen LogP contribution in [0.2, 0.25) is 0 Å². The third-order valence-electron chi connectivity index (χ3n) is 1.63. The summed E-state index contributed by atoms with van der Waals surface area (Å²) in [4.78, 5) is 25.1. The van der Waals surface area contributed by atoms with Crippen LogP contribution in [0.4, 0.5) is 4.79 Å². The van der Waals surface area contributed by atoms with Crippen molar-refractivity contribution in [2.24, 2.45) is 5.73 Å². The summed E-state index contributed by atoms with van der Waals surface area (Å²) in [6.07, 6.45) is 1.16. The highest BCUT2D eigenvalue weighted by molar-refractivity contribution is 5.93. The van der Waals surface area contributed by atoms with Crippen molar-refractivity contribution in [1.29, 1.82) is 10.5 Å². The number of aromatic nitrogens is 2. The van der Waals surface area contributed by atoms with Gasteiger partial charge in [0, 0.05) is 0 Å². The van der Waals surface area contributed by atoms with E-state index < -0.39 is 11.9 Å². The van der Waals surface area contributed by atoms with Crippen molar-refractivity contribution in [3.05, 3.63) is 17.7 Å². The standard InChI is InChI=1S/C8H6N6O2/c9-1-5-6(2-10)14(4-12-5)3-7(15)13-8(11)16/h4H,3H2,(H3,11,13,15,16). The number of nitrogens with one attached hydrogen (secondary N) is 1. The van der Waals surface area contributed by atoms with Crippen LogP contribution in [0.25, 0.3) is 0 Å². The number of carbonyl (C=O) groups is 2. The van der Waals surface area contributed by atoms with Gasteiger partial charge < -0.3 is 10.3 Å². The lowest BCUT2D eigenvalue weighted by Crippen LogP contribution is -2.37. The van der Waals surface area contributed by atoms with Crippen LogP contribution in [-0.4, -0.2) is 21.5 Å². The van der Waals surface area contributed by atoms with Crippen molar-refractivity contribution in [2.75, 3.05) is 0 Å². The molecule has 0 bridgehead atoms. The Morgan fingerprint density at radius 2 is 2.19 bits per heavy atom. The van der Waals surface area contributed by atoms with E-state index in [0.717, 1.165) is 10.9 Å². The van der Waals surface area contributed by atoms with E-state index in [2.05, 4.69) is 4.98 Å². The summed E-state index contributed by atoms with van der Waals surface area (Å²) in [6, 6.07) is 2.46. The van der Waals surface area contributed by atoms with E-state index in [1.54, 1.807) is 12.1 Å². The molecule has 0 aliphatic carbocycles. The van der Waals surface area contributed by atoms with Gasteiger partial charge in [-0.1, -0.05) is 0 Å². The number of nitrogens with zero attached hydrogens (tertiary/aromatic N) is 4. The normalized spacial score (nSPS) is 8.88. The molecule has 0 aliphatic rings. The van der Waals surface area contributed by atoms with Crippen molar-refractivity contribution < 1.29 is 9.59 Å². The summed E-state index contributed by atoms with van der Waals surface area (Å²) < 4.78 is 1.15. The Labute approximate surface area is 89.9 Å². The van der Waals surface area contributed by atoms with Crippen LogP contribution in [0.5, 0.6) is 0 Å². The Balaban J connectivity index is 2.87. The molecule has 1 aromatic rings. The zero-order valence-electron chi connectivity index (χ0n) is 7.97. The number of nitriles is 2. The molecule has 1 heterocycles. The molecule has 8 nitrogen and oxygen atoms in total. The molecular weight excluding hydrogens is 212 g/mol. The minimum absolute atomic E-state index is 0.0397. The van der Waals surface area contributed by atoms with Gasteiger partial charge >= 0.3 is 6.03 Å². The fourth-order valence-corrected chi connectivity index (χ4v) is 1.03. The first-order chi connectivity index (χ1) is 7.58. The number of hydrogen-bond acceptors (Lipinski definition) is 5. The number of imidazole rings is 1. The fourth-order valence-electron chi connectivity index (χ4n) is 1.03. The predicted octanol–water partition coefficient (Wildman–Crippen LogP) is -1.18. The number of imide groups is 1. The quantitative estimate of drug-likeness (QED) is 0.643. The third kappa shape index (κ3) is 2.33. The minimum Gasteiger partial charge on any atom is -0.351 e. The highest BCUT2D eigenvalue weighted by Gasteiger charge is 2.13. The van der Waals surface area contributed by atoms with Crippen LogP contribution in [0.15, 0.2) is 6.33 Å². The number of nitrogens with two attached hydrogens (primary N) is 1. The van der Waals surface area contributed by atoms with Crippen molar-refractivity contribution in [3.8, 4) is 12.1 Å². The van der Waals surface area contributed by atoms with Gasteiger partial charge in [0.05, 0.1) is 6.33 Å². The molecule has 0 aliphatic heterocycles. The van der Waals surface area contributed by atoms with Gasteiger partial charge in [-0.15, -0.1) is 0 Å². The van der Waals surface area contributed by atoms with Crippen LogP contribution < -0.4 is 11.1 Å². The Bertz CT molecular complexity index is 518. The van der Waals surface area contributed by atoms with E-state index in [-0.39, 0.29) is 17.9 Å². The zero-order valence-corrected chi connectivity index (χ0v) is 7.97. The van der Waals surface area contributed by atoms with Crippen LogP contribution in [0.1, 0.15) is 11.4 Å². The predicted molar refractivity (Wildman–Crippen MR) is 49.4 cm³/mol. The van der Waals surface area contributed by atoms with E-state index in [0.29, 0.717) is 0 Å². The Hall–Kier alpha value is -2.87. The molecule has 0 saturated heterocycles. The van der Waals surface area contributed by atoms with E-state index in [4.69, 9.17) is 16.3 Å². The highest BCUT2D eigenvalue weighted by Crippen LogP contribution is 2.04. The fraction of sp³-hybridized carbons (Fsp3) is 0.125. The minimum atomic E-state index is -0.982. The molecular formula is C8H6N6O2. The summed E-state index contributed by atoms with van der Waals surface area (Å²) in [5, 5.41) is 19.1. The van der Waals surface area contributed by atoms with E-state index in [1.807, 2.05) is 5.32 Å². The second kappa shape index (κ2) is 4.57. The number of urea groups is 1. The molecule has 1 rings (SSSR count). The van der Waals surface area contributed by atoms with Crippen molar-refractivity contribution in [2.45, 2.75) is 6.54 Å². The maximum atomic E-state index is 11.1. The van der Waals surface area contributed by atoms with Gasteiger partial charge in [0.1, 0.15) is 18.7 Å². The van der Waals surface area contributed by atoms with E-state index >= 15 is 0 Å². The van der Waals surface area contributed by atoms with Gasteiger partial charge in [-0.05, 0) is 0 Å². The van der Waals surface area contributed by atoms with E-state index in [1.165, 1.54) is 0 Å². The topological polar surface area (TPSA) is 138 Å². The van der Waals surface area contributed by atoms with E-state index in [9.17, 15) is 9.59 Å². The maximum absolute atomic E-state index is 11.1. The summed E-state index contributed by atoms with van der Waals surface area (Å²) in [5.74, 6) is -0.689. The largest absolute Gasteiger partial charge is 0.351 e. The molecule has 1 aromatic heterocycles. The molecule has 0 fully saturated rings.